The van der Waals surface area contributed by atoms with E-state index in [0.29, 0.717) is 6.54 Å². The smallest absolute Gasteiger partial charge is 0.261 e. The molecule has 0 unspecified atom stereocenters. The Hall–Kier alpha value is -3.58. The second kappa shape index (κ2) is 9.57. The fraction of sp³-hybridized carbons (Fsp3) is 0.200. The molecule has 1 aromatic heterocycles. The molecule has 4 heteroatoms. The Kier molecular flexibility index (Phi) is 6.65. The van der Waals surface area contributed by atoms with Crippen LogP contribution in [0.3, 0.4) is 0 Å². The molecule has 3 aromatic rings. The van der Waals surface area contributed by atoms with E-state index in [2.05, 4.69) is 22.0 Å². The zero-order chi connectivity index (χ0) is 20.6. The number of aromatic nitrogens is 1. The highest BCUT2D eigenvalue weighted by Gasteiger charge is 2.13. The molecule has 1 N–H and O–H groups in total. The van der Waals surface area contributed by atoms with Gasteiger partial charge in [0.25, 0.3) is 5.91 Å². The maximum absolute atomic E-state index is 12.5. The van der Waals surface area contributed by atoms with E-state index in [4.69, 9.17) is 0 Å². The summed E-state index contributed by atoms with van der Waals surface area (Å²) < 4.78 is 2.12. The van der Waals surface area contributed by atoms with Gasteiger partial charge in [-0.25, -0.2) is 0 Å². The number of amides is 1. The third kappa shape index (κ3) is 5.03. The van der Waals surface area contributed by atoms with Crippen LogP contribution < -0.4 is 5.32 Å². The van der Waals surface area contributed by atoms with Gasteiger partial charge in [-0.05, 0) is 62.1 Å². The van der Waals surface area contributed by atoms with Crippen molar-refractivity contribution >= 4 is 12.0 Å². The van der Waals surface area contributed by atoms with Crippen LogP contribution in [0.2, 0.25) is 0 Å². The molecule has 0 radical (unpaired) electrons. The van der Waals surface area contributed by atoms with Gasteiger partial charge in [-0.3, -0.25) is 4.79 Å². The normalized spacial score (nSPS) is 11.1. The molecule has 0 saturated heterocycles. The van der Waals surface area contributed by atoms with Crippen LogP contribution in [0, 0.1) is 25.2 Å². The molecule has 1 heterocycles. The Morgan fingerprint density at radius 1 is 1.07 bits per heavy atom. The van der Waals surface area contributed by atoms with Crippen molar-refractivity contribution in [3.8, 4) is 11.8 Å². The molecular formula is C25H25N3O. The van der Waals surface area contributed by atoms with Gasteiger partial charge in [0.2, 0.25) is 0 Å². The van der Waals surface area contributed by atoms with Gasteiger partial charge in [0.1, 0.15) is 11.6 Å². The van der Waals surface area contributed by atoms with Crippen LogP contribution in [0.4, 0.5) is 0 Å². The quantitative estimate of drug-likeness (QED) is 0.364. The molecular weight excluding hydrogens is 358 g/mol. The average molecular weight is 383 g/mol. The average Bonchev–Trinajstić information content (AvgIpc) is 3.03. The number of carbonyl (C=O) groups is 1. The van der Waals surface area contributed by atoms with Crippen molar-refractivity contribution in [3.05, 3.63) is 94.8 Å². The van der Waals surface area contributed by atoms with Crippen molar-refractivity contribution in [2.45, 2.75) is 26.7 Å². The Bertz CT molecular complexity index is 1040. The number of benzene rings is 2. The Morgan fingerprint density at radius 3 is 2.38 bits per heavy atom. The fourth-order valence-corrected chi connectivity index (χ4v) is 3.45. The van der Waals surface area contributed by atoms with Crippen molar-refractivity contribution in [2.75, 3.05) is 6.54 Å². The molecule has 4 nitrogen and oxygen atoms in total. The van der Waals surface area contributed by atoms with Crippen molar-refractivity contribution in [1.29, 1.82) is 5.26 Å². The highest BCUT2D eigenvalue weighted by Crippen LogP contribution is 2.22. The summed E-state index contributed by atoms with van der Waals surface area (Å²) in [6, 6.07) is 24.3. The van der Waals surface area contributed by atoms with Crippen molar-refractivity contribution in [1.82, 2.24) is 9.88 Å². The first-order chi connectivity index (χ1) is 14.1. The largest absolute Gasteiger partial charge is 0.351 e. The molecule has 3 rings (SSSR count). The summed E-state index contributed by atoms with van der Waals surface area (Å²) in [5.41, 5.74) is 5.36. The zero-order valence-corrected chi connectivity index (χ0v) is 16.9. The zero-order valence-electron chi connectivity index (χ0n) is 16.9. The molecule has 1 amide bonds. The minimum Gasteiger partial charge on any atom is -0.351 e. The van der Waals surface area contributed by atoms with Crippen LogP contribution in [0.1, 0.15) is 28.9 Å². The Labute approximate surface area is 172 Å². The fourth-order valence-electron chi connectivity index (χ4n) is 3.45. The third-order valence-electron chi connectivity index (χ3n) is 4.92. The van der Waals surface area contributed by atoms with Crippen LogP contribution in [0.15, 0.2) is 72.3 Å². The number of nitrogens with one attached hydrogen (secondary N) is 1. The molecule has 0 atom stereocenters. The first-order valence-electron chi connectivity index (χ1n) is 9.78. The van der Waals surface area contributed by atoms with Crippen molar-refractivity contribution < 1.29 is 4.79 Å². The van der Waals surface area contributed by atoms with Crippen molar-refractivity contribution in [2.24, 2.45) is 0 Å². The molecule has 0 aliphatic heterocycles. The van der Waals surface area contributed by atoms with E-state index in [1.54, 1.807) is 6.08 Å². The number of carbonyl (C=O) groups excluding carboxylic acids is 1. The van der Waals surface area contributed by atoms with E-state index >= 15 is 0 Å². The molecule has 0 bridgehead atoms. The number of aryl methyl sites for hydroxylation is 2. The lowest BCUT2D eigenvalue weighted by molar-refractivity contribution is -0.117. The minimum absolute atomic E-state index is 0.123. The Balaban J connectivity index is 1.68. The summed E-state index contributed by atoms with van der Waals surface area (Å²) in [5.74, 6) is -0.329. The molecule has 0 saturated carbocycles. The van der Waals surface area contributed by atoms with Gasteiger partial charge in [0.05, 0.1) is 0 Å². The van der Waals surface area contributed by atoms with E-state index in [9.17, 15) is 10.1 Å². The van der Waals surface area contributed by atoms with Crippen LogP contribution >= 0.6 is 0 Å². The van der Waals surface area contributed by atoms with E-state index < -0.39 is 0 Å². The minimum atomic E-state index is -0.329. The first kappa shape index (κ1) is 20.2. The van der Waals surface area contributed by atoms with Gasteiger partial charge in [0.15, 0.2) is 0 Å². The molecule has 146 valence electrons. The van der Waals surface area contributed by atoms with Gasteiger partial charge in [-0.1, -0.05) is 48.5 Å². The molecule has 29 heavy (non-hydrogen) atoms. The lowest BCUT2D eigenvalue weighted by Gasteiger charge is -2.09. The Morgan fingerprint density at radius 2 is 1.72 bits per heavy atom. The number of hydrogen-bond acceptors (Lipinski definition) is 2. The SMILES string of the molecule is Cc1cc(/C=C(\C#N)C(=O)NCCCc2ccccc2)c(C)n1-c1ccccc1. The van der Waals surface area contributed by atoms with Gasteiger partial charge < -0.3 is 9.88 Å². The summed E-state index contributed by atoms with van der Waals surface area (Å²) in [4.78, 5) is 12.5. The van der Waals surface area contributed by atoms with Crippen LogP contribution in [-0.2, 0) is 11.2 Å². The number of rotatable bonds is 7. The number of nitriles is 1. The molecule has 0 aliphatic rings. The predicted octanol–water partition coefficient (Wildman–Crippen LogP) is 4.75. The van der Waals surface area contributed by atoms with Crippen molar-refractivity contribution in [3.63, 3.8) is 0 Å². The molecule has 0 fully saturated rings. The topological polar surface area (TPSA) is 57.8 Å². The van der Waals surface area contributed by atoms with E-state index in [1.165, 1.54) is 5.56 Å². The first-order valence-corrected chi connectivity index (χ1v) is 9.78. The predicted molar refractivity (Wildman–Crippen MR) is 117 cm³/mol. The van der Waals surface area contributed by atoms with Gasteiger partial charge in [0, 0.05) is 23.6 Å². The number of para-hydroxylation sites is 1. The second-order valence-corrected chi connectivity index (χ2v) is 7.01. The van der Waals surface area contributed by atoms with Gasteiger partial charge in [-0.15, -0.1) is 0 Å². The second-order valence-electron chi connectivity index (χ2n) is 7.01. The van der Waals surface area contributed by atoms with Crippen LogP contribution in [0.25, 0.3) is 11.8 Å². The van der Waals surface area contributed by atoms with E-state index in [0.717, 1.165) is 35.5 Å². The van der Waals surface area contributed by atoms with Gasteiger partial charge in [-0.2, -0.15) is 5.26 Å². The summed E-state index contributed by atoms with van der Waals surface area (Å²) in [5, 5.41) is 12.4. The molecule has 0 aliphatic carbocycles. The monoisotopic (exact) mass is 383 g/mol. The number of hydrogen-bond donors (Lipinski definition) is 1. The highest BCUT2D eigenvalue weighted by atomic mass is 16.1. The summed E-state index contributed by atoms with van der Waals surface area (Å²) in [6.45, 7) is 4.56. The van der Waals surface area contributed by atoms with Gasteiger partial charge >= 0.3 is 0 Å². The highest BCUT2D eigenvalue weighted by molar-refractivity contribution is 6.01. The summed E-state index contributed by atoms with van der Waals surface area (Å²) >= 11 is 0. The third-order valence-corrected chi connectivity index (χ3v) is 4.92. The van der Waals surface area contributed by atoms with Crippen LogP contribution in [-0.4, -0.2) is 17.0 Å². The standard InChI is InChI=1S/C25H25N3O/c1-19-16-22(20(2)28(19)24-13-7-4-8-14-24)17-23(18-26)25(29)27-15-9-12-21-10-5-3-6-11-21/h3-8,10-11,13-14,16-17H,9,12,15H2,1-2H3,(H,27,29)/b23-17+. The molecule has 2 aromatic carbocycles. The maximum atomic E-state index is 12.5. The van der Waals surface area contributed by atoms with E-state index in [1.807, 2.05) is 74.5 Å². The maximum Gasteiger partial charge on any atom is 0.261 e. The lowest BCUT2D eigenvalue weighted by Crippen LogP contribution is -2.25. The van der Waals surface area contributed by atoms with E-state index in [-0.39, 0.29) is 11.5 Å². The molecule has 0 spiro atoms. The lowest BCUT2D eigenvalue weighted by atomic mass is 10.1. The summed E-state index contributed by atoms with van der Waals surface area (Å²) in [6.07, 6.45) is 3.40. The summed E-state index contributed by atoms with van der Waals surface area (Å²) in [7, 11) is 0. The van der Waals surface area contributed by atoms with Crippen LogP contribution in [0.5, 0.6) is 0 Å². The number of nitrogens with zero attached hydrogens (tertiary/aromatic N) is 2.